The molecule has 4 nitrogen and oxygen atoms in total. The lowest BCUT2D eigenvalue weighted by Crippen LogP contribution is -2.44. The zero-order chi connectivity index (χ0) is 16.7. The van der Waals surface area contributed by atoms with Gasteiger partial charge in [0.15, 0.2) is 0 Å². The number of likely N-dealkylation sites (tertiary alicyclic amines) is 1. The van der Waals surface area contributed by atoms with Crippen LogP contribution in [0.25, 0.3) is 0 Å². The van der Waals surface area contributed by atoms with Crippen LogP contribution in [0, 0.1) is 5.92 Å². The second kappa shape index (κ2) is 8.92. The highest BCUT2D eigenvalue weighted by Gasteiger charge is 2.24. The molecule has 0 aliphatic carbocycles. The molecule has 2 rings (SSSR count). The van der Waals surface area contributed by atoms with Crippen LogP contribution in [0.4, 0.5) is 0 Å². The highest BCUT2D eigenvalue weighted by Crippen LogP contribution is 2.20. The Hall–Kier alpha value is -1.55. The van der Waals surface area contributed by atoms with Crippen LogP contribution in [0.2, 0.25) is 5.02 Å². The van der Waals surface area contributed by atoms with Crippen molar-refractivity contribution < 1.29 is 9.59 Å². The molecular weight excluding hydrogens is 312 g/mol. The lowest BCUT2D eigenvalue weighted by molar-refractivity contribution is -0.132. The van der Waals surface area contributed by atoms with E-state index in [1.165, 1.54) is 0 Å². The molecule has 5 heteroatoms. The minimum absolute atomic E-state index is 0.104. The molecule has 1 heterocycles. The first-order chi connectivity index (χ1) is 11.1. The van der Waals surface area contributed by atoms with Crippen molar-refractivity contribution in [2.75, 3.05) is 19.6 Å². The fraction of sp³-hybridized carbons (Fsp3) is 0.556. The lowest BCUT2D eigenvalue weighted by Gasteiger charge is -2.33. The standard InChI is InChI=1S/C18H25ClN2O2/c1-2-6-17(22)20-12-14-7-5-10-21(13-14)18(23)11-15-8-3-4-9-16(15)19/h3-4,8-9,14H,2,5-7,10-13H2,1H3,(H,20,22)/t14-/m0/s1. The summed E-state index contributed by atoms with van der Waals surface area (Å²) in [6.07, 6.45) is 3.82. The average Bonchev–Trinajstić information content (AvgIpc) is 2.55. The maximum atomic E-state index is 12.5. The summed E-state index contributed by atoms with van der Waals surface area (Å²) in [5.41, 5.74) is 0.873. The highest BCUT2D eigenvalue weighted by atomic mass is 35.5. The molecular formula is C18H25ClN2O2. The summed E-state index contributed by atoms with van der Waals surface area (Å²) < 4.78 is 0. The van der Waals surface area contributed by atoms with E-state index >= 15 is 0 Å². The van der Waals surface area contributed by atoms with Gasteiger partial charge in [0.25, 0.3) is 0 Å². The number of piperidine rings is 1. The van der Waals surface area contributed by atoms with E-state index in [0.29, 0.717) is 30.3 Å². The number of rotatable bonds is 6. The number of nitrogens with zero attached hydrogens (tertiary/aromatic N) is 1. The maximum Gasteiger partial charge on any atom is 0.227 e. The first-order valence-corrected chi connectivity index (χ1v) is 8.75. The third kappa shape index (κ3) is 5.54. The van der Waals surface area contributed by atoms with Crippen LogP contribution in [0.15, 0.2) is 24.3 Å². The molecule has 1 atom stereocenters. The van der Waals surface area contributed by atoms with E-state index in [0.717, 1.165) is 37.9 Å². The normalized spacial score (nSPS) is 17.8. The number of amides is 2. The van der Waals surface area contributed by atoms with Crippen molar-refractivity contribution in [3.05, 3.63) is 34.9 Å². The Morgan fingerprint density at radius 2 is 2.13 bits per heavy atom. The summed E-state index contributed by atoms with van der Waals surface area (Å²) in [7, 11) is 0. The summed E-state index contributed by atoms with van der Waals surface area (Å²) in [6, 6.07) is 7.47. The minimum Gasteiger partial charge on any atom is -0.356 e. The molecule has 23 heavy (non-hydrogen) atoms. The van der Waals surface area contributed by atoms with Crippen LogP contribution in [0.3, 0.4) is 0 Å². The van der Waals surface area contributed by atoms with Gasteiger partial charge in [0.2, 0.25) is 11.8 Å². The Bertz CT molecular complexity index is 548. The van der Waals surface area contributed by atoms with Crippen LogP contribution < -0.4 is 5.32 Å². The van der Waals surface area contributed by atoms with E-state index in [4.69, 9.17) is 11.6 Å². The van der Waals surface area contributed by atoms with Gasteiger partial charge in [0.05, 0.1) is 6.42 Å². The SMILES string of the molecule is CCCC(=O)NC[C@@H]1CCCN(C(=O)Cc2ccccc2Cl)C1. The molecule has 1 aromatic carbocycles. The molecule has 1 N–H and O–H groups in total. The van der Waals surface area contributed by atoms with Crippen molar-refractivity contribution in [1.29, 1.82) is 0 Å². The Labute approximate surface area is 143 Å². The first kappa shape index (κ1) is 17.8. The molecule has 0 bridgehead atoms. The van der Waals surface area contributed by atoms with Crippen LogP contribution in [-0.4, -0.2) is 36.3 Å². The largest absolute Gasteiger partial charge is 0.356 e. The molecule has 2 amide bonds. The third-order valence-electron chi connectivity index (χ3n) is 4.24. The van der Waals surface area contributed by atoms with Crippen molar-refractivity contribution in [3.8, 4) is 0 Å². The van der Waals surface area contributed by atoms with Gasteiger partial charge in [0.1, 0.15) is 0 Å². The van der Waals surface area contributed by atoms with Crippen LogP contribution in [0.5, 0.6) is 0 Å². The molecule has 1 fully saturated rings. The topological polar surface area (TPSA) is 49.4 Å². The molecule has 0 saturated carbocycles. The Balaban J connectivity index is 1.84. The molecule has 0 spiro atoms. The zero-order valence-electron chi connectivity index (χ0n) is 13.7. The minimum atomic E-state index is 0.104. The van der Waals surface area contributed by atoms with Crippen molar-refractivity contribution >= 4 is 23.4 Å². The van der Waals surface area contributed by atoms with Gasteiger partial charge in [-0.25, -0.2) is 0 Å². The molecule has 0 unspecified atom stereocenters. The quantitative estimate of drug-likeness (QED) is 0.868. The van der Waals surface area contributed by atoms with E-state index < -0.39 is 0 Å². The molecule has 0 aromatic heterocycles. The predicted octanol–water partition coefficient (Wildman–Crippen LogP) is 3.04. The third-order valence-corrected chi connectivity index (χ3v) is 4.60. The van der Waals surface area contributed by atoms with Gasteiger partial charge in [-0.2, -0.15) is 0 Å². The molecule has 1 saturated heterocycles. The van der Waals surface area contributed by atoms with Gasteiger partial charge in [0, 0.05) is 31.1 Å². The van der Waals surface area contributed by atoms with Crippen LogP contribution in [-0.2, 0) is 16.0 Å². The molecule has 0 radical (unpaired) electrons. The number of hydrogen-bond acceptors (Lipinski definition) is 2. The van der Waals surface area contributed by atoms with Gasteiger partial charge >= 0.3 is 0 Å². The number of halogens is 1. The van der Waals surface area contributed by atoms with Crippen molar-refractivity contribution in [2.24, 2.45) is 5.92 Å². The van der Waals surface area contributed by atoms with E-state index in [1.807, 2.05) is 36.1 Å². The number of carbonyl (C=O) groups excluding carboxylic acids is 2. The Kier molecular flexibility index (Phi) is 6.90. The van der Waals surface area contributed by atoms with Crippen LogP contribution >= 0.6 is 11.6 Å². The van der Waals surface area contributed by atoms with Crippen molar-refractivity contribution in [2.45, 2.75) is 39.0 Å². The number of carbonyl (C=O) groups is 2. The van der Waals surface area contributed by atoms with E-state index in [9.17, 15) is 9.59 Å². The fourth-order valence-electron chi connectivity index (χ4n) is 2.95. The molecule has 1 aliphatic heterocycles. The van der Waals surface area contributed by atoms with E-state index in [-0.39, 0.29) is 11.8 Å². The van der Waals surface area contributed by atoms with Gasteiger partial charge < -0.3 is 10.2 Å². The number of nitrogens with one attached hydrogen (secondary N) is 1. The summed E-state index contributed by atoms with van der Waals surface area (Å²) in [6.45, 7) is 4.17. The fourth-order valence-corrected chi connectivity index (χ4v) is 3.15. The molecule has 1 aliphatic rings. The van der Waals surface area contributed by atoms with E-state index in [2.05, 4.69) is 5.32 Å². The summed E-state index contributed by atoms with van der Waals surface area (Å²) in [5, 5.41) is 3.61. The zero-order valence-corrected chi connectivity index (χ0v) is 14.4. The first-order valence-electron chi connectivity index (χ1n) is 8.38. The van der Waals surface area contributed by atoms with Crippen LogP contribution in [0.1, 0.15) is 38.2 Å². The van der Waals surface area contributed by atoms with Gasteiger partial charge in [-0.15, -0.1) is 0 Å². The van der Waals surface area contributed by atoms with Gasteiger partial charge in [-0.3, -0.25) is 9.59 Å². The predicted molar refractivity (Wildman–Crippen MR) is 92.4 cm³/mol. The lowest BCUT2D eigenvalue weighted by atomic mass is 9.97. The summed E-state index contributed by atoms with van der Waals surface area (Å²) >= 11 is 6.13. The average molecular weight is 337 g/mol. The Morgan fingerprint density at radius 3 is 2.87 bits per heavy atom. The summed E-state index contributed by atoms with van der Waals surface area (Å²) in [4.78, 5) is 26.0. The number of hydrogen-bond donors (Lipinski definition) is 1. The van der Waals surface area contributed by atoms with Crippen molar-refractivity contribution in [1.82, 2.24) is 10.2 Å². The number of benzene rings is 1. The maximum absolute atomic E-state index is 12.5. The molecule has 1 aromatic rings. The summed E-state index contributed by atoms with van der Waals surface area (Å²) in [5.74, 6) is 0.564. The Morgan fingerprint density at radius 1 is 1.35 bits per heavy atom. The van der Waals surface area contributed by atoms with Gasteiger partial charge in [-0.1, -0.05) is 36.7 Å². The van der Waals surface area contributed by atoms with Crippen molar-refractivity contribution in [3.63, 3.8) is 0 Å². The van der Waals surface area contributed by atoms with Gasteiger partial charge in [-0.05, 0) is 36.8 Å². The second-order valence-corrected chi connectivity index (χ2v) is 6.58. The molecule has 126 valence electrons. The van der Waals surface area contributed by atoms with E-state index in [1.54, 1.807) is 0 Å². The monoisotopic (exact) mass is 336 g/mol. The smallest absolute Gasteiger partial charge is 0.227 e. The highest BCUT2D eigenvalue weighted by molar-refractivity contribution is 6.31. The second-order valence-electron chi connectivity index (χ2n) is 6.17.